The molecule has 3 heteroatoms. The van der Waals surface area contributed by atoms with Gasteiger partial charge >= 0.3 is 0 Å². The van der Waals surface area contributed by atoms with Gasteiger partial charge in [-0.3, -0.25) is 4.79 Å². The lowest BCUT2D eigenvalue weighted by Crippen LogP contribution is -2.12. The Morgan fingerprint density at radius 1 is 0.920 bits per heavy atom. The number of allylic oxidation sites excluding steroid dienone is 2. The van der Waals surface area contributed by atoms with Crippen LogP contribution in [0.25, 0.3) is 12.2 Å². The first-order valence-corrected chi connectivity index (χ1v) is 9.60. The highest BCUT2D eigenvalue weighted by molar-refractivity contribution is 14.1. The van der Waals surface area contributed by atoms with E-state index in [0.717, 1.165) is 47.2 Å². The Bertz CT molecular complexity index is 831. The van der Waals surface area contributed by atoms with Gasteiger partial charge in [0.25, 0.3) is 0 Å². The van der Waals surface area contributed by atoms with Gasteiger partial charge in [0, 0.05) is 34.5 Å². The molecule has 1 saturated carbocycles. The maximum atomic E-state index is 12.9. The van der Waals surface area contributed by atoms with Crippen LogP contribution < -0.4 is 4.90 Å². The van der Waals surface area contributed by atoms with Gasteiger partial charge in [-0.2, -0.15) is 0 Å². The Hall–Kier alpha value is -1.88. The Balaban J connectivity index is 1.86. The maximum absolute atomic E-state index is 12.9. The van der Waals surface area contributed by atoms with Gasteiger partial charge in [0.1, 0.15) is 0 Å². The molecule has 0 heterocycles. The predicted octanol–water partition coefficient (Wildman–Crippen LogP) is 5.58. The summed E-state index contributed by atoms with van der Waals surface area (Å²) < 4.78 is 1.18. The standard InChI is InChI=1S/C22H22INO/c1-24(2)20-12-10-16(11-13-20)14-18-7-5-8-19(22(18)25)15-17-6-3-4-9-21(17)23/h3-4,6,9-15H,5,7-8H2,1-2H3. The minimum Gasteiger partial charge on any atom is -0.378 e. The van der Waals surface area contributed by atoms with Crippen LogP contribution in [0.1, 0.15) is 30.4 Å². The molecule has 0 saturated heterocycles. The average Bonchev–Trinajstić information content (AvgIpc) is 2.61. The number of ketones is 1. The predicted molar refractivity (Wildman–Crippen MR) is 115 cm³/mol. The van der Waals surface area contributed by atoms with Gasteiger partial charge in [-0.05, 0) is 83.3 Å². The first-order chi connectivity index (χ1) is 12.0. The van der Waals surface area contributed by atoms with Crippen molar-refractivity contribution >= 4 is 46.2 Å². The van der Waals surface area contributed by atoms with E-state index in [9.17, 15) is 4.79 Å². The summed E-state index contributed by atoms with van der Waals surface area (Å²) in [6.45, 7) is 0. The number of hydrogen-bond acceptors (Lipinski definition) is 2. The molecule has 0 amide bonds. The molecule has 3 rings (SSSR count). The molecular formula is C22H22INO. The van der Waals surface area contributed by atoms with Gasteiger partial charge in [0.15, 0.2) is 5.78 Å². The fourth-order valence-electron chi connectivity index (χ4n) is 3.03. The van der Waals surface area contributed by atoms with E-state index in [0.29, 0.717) is 0 Å². The molecule has 1 fully saturated rings. The molecule has 128 valence electrons. The first kappa shape index (κ1) is 17.9. The molecule has 0 unspecified atom stereocenters. The number of Topliss-reactive ketones (excluding diaryl/α,β-unsaturated/α-hetero) is 1. The van der Waals surface area contributed by atoms with Crippen molar-refractivity contribution in [2.75, 3.05) is 19.0 Å². The molecule has 2 nitrogen and oxygen atoms in total. The van der Waals surface area contributed by atoms with Crippen LogP contribution in [-0.2, 0) is 4.79 Å². The summed E-state index contributed by atoms with van der Waals surface area (Å²) >= 11 is 2.32. The van der Waals surface area contributed by atoms with Gasteiger partial charge < -0.3 is 4.90 Å². The maximum Gasteiger partial charge on any atom is 0.185 e. The summed E-state index contributed by atoms with van der Waals surface area (Å²) in [4.78, 5) is 14.9. The lowest BCUT2D eigenvalue weighted by atomic mass is 9.87. The van der Waals surface area contributed by atoms with Gasteiger partial charge in [-0.15, -0.1) is 0 Å². The van der Waals surface area contributed by atoms with Crippen LogP contribution in [0.15, 0.2) is 59.7 Å². The third kappa shape index (κ3) is 4.40. The highest BCUT2D eigenvalue weighted by Gasteiger charge is 2.20. The van der Waals surface area contributed by atoms with E-state index in [-0.39, 0.29) is 5.78 Å². The Morgan fingerprint density at radius 2 is 1.56 bits per heavy atom. The Morgan fingerprint density at radius 3 is 2.20 bits per heavy atom. The van der Waals surface area contributed by atoms with Crippen LogP contribution in [0.2, 0.25) is 0 Å². The second kappa shape index (κ2) is 8.00. The van der Waals surface area contributed by atoms with Crippen molar-refractivity contribution in [3.8, 4) is 0 Å². The fraction of sp³-hybridized carbons (Fsp3) is 0.227. The smallest absolute Gasteiger partial charge is 0.185 e. The minimum absolute atomic E-state index is 0.197. The van der Waals surface area contributed by atoms with Gasteiger partial charge in [0.2, 0.25) is 0 Å². The molecular weight excluding hydrogens is 421 g/mol. The lowest BCUT2D eigenvalue weighted by Gasteiger charge is -2.17. The summed E-state index contributed by atoms with van der Waals surface area (Å²) in [6.07, 6.45) is 6.86. The van der Waals surface area contributed by atoms with E-state index < -0.39 is 0 Å². The second-order valence-electron chi connectivity index (χ2n) is 6.53. The highest BCUT2D eigenvalue weighted by Crippen LogP contribution is 2.29. The van der Waals surface area contributed by atoms with Crippen LogP contribution in [0, 0.1) is 3.57 Å². The monoisotopic (exact) mass is 443 g/mol. The van der Waals surface area contributed by atoms with Crippen molar-refractivity contribution in [2.45, 2.75) is 19.3 Å². The summed E-state index contributed by atoms with van der Waals surface area (Å²) in [5.41, 5.74) is 5.22. The average molecular weight is 443 g/mol. The third-order valence-electron chi connectivity index (χ3n) is 4.46. The van der Waals surface area contributed by atoms with Crippen LogP contribution in [-0.4, -0.2) is 19.9 Å². The number of halogens is 1. The Kier molecular flexibility index (Phi) is 5.74. The first-order valence-electron chi connectivity index (χ1n) is 8.52. The van der Waals surface area contributed by atoms with Gasteiger partial charge in [-0.1, -0.05) is 30.3 Å². The number of nitrogens with zero attached hydrogens (tertiary/aromatic N) is 1. The topological polar surface area (TPSA) is 20.3 Å². The Labute approximate surface area is 163 Å². The molecule has 0 aromatic heterocycles. The molecule has 0 radical (unpaired) electrons. The van der Waals surface area contributed by atoms with Crippen molar-refractivity contribution in [1.82, 2.24) is 0 Å². The molecule has 0 N–H and O–H groups in total. The van der Waals surface area contributed by atoms with Crippen molar-refractivity contribution in [2.24, 2.45) is 0 Å². The van der Waals surface area contributed by atoms with E-state index in [4.69, 9.17) is 0 Å². The van der Waals surface area contributed by atoms with Crippen LogP contribution >= 0.6 is 22.6 Å². The minimum atomic E-state index is 0.197. The molecule has 0 bridgehead atoms. The fourth-order valence-corrected chi connectivity index (χ4v) is 3.57. The largest absolute Gasteiger partial charge is 0.378 e. The van der Waals surface area contributed by atoms with Crippen molar-refractivity contribution in [1.29, 1.82) is 0 Å². The SMILES string of the molecule is CN(C)c1ccc(C=C2CCCC(=Cc3ccccc3I)C2=O)cc1. The summed E-state index contributed by atoms with van der Waals surface area (Å²) in [5, 5.41) is 0. The van der Waals surface area contributed by atoms with Gasteiger partial charge in [0.05, 0.1) is 0 Å². The number of hydrogen-bond donors (Lipinski definition) is 0. The normalized spacial score (nSPS) is 18.0. The van der Waals surface area contributed by atoms with E-state index in [1.807, 2.05) is 32.3 Å². The number of carbonyl (C=O) groups excluding carboxylic acids is 1. The quantitative estimate of drug-likeness (QED) is 0.456. The lowest BCUT2D eigenvalue weighted by molar-refractivity contribution is -0.112. The van der Waals surface area contributed by atoms with E-state index in [1.54, 1.807) is 0 Å². The second-order valence-corrected chi connectivity index (χ2v) is 7.69. The third-order valence-corrected chi connectivity index (χ3v) is 5.44. The molecule has 0 aliphatic heterocycles. The van der Waals surface area contributed by atoms with E-state index in [1.165, 1.54) is 3.57 Å². The van der Waals surface area contributed by atoms with Crippen LogP contribution in [0.3, 0.4) is 0 Å². The van der Waals surface area contributed by atoms with Gasteiger partial charge in [-0.25, -0.2) is 0 Å². The van der Waals surface area contributed by atoms with E-state index in [2.05, 4.69) is 70.0 Å². The number of benzene rings is 2. The summed E-state index contributed by atoms with van der Waals surface area (Å²) in [7, 11) is 4.06. The van der Waals surface area contributed by atoms with Crippen molar-refractivity contribution in [3.63, 3.8) is 0 Å². The molecule has 0 spiro atoms. The summed E-state index contributed by atoms with van der Waals surface area (Å²) in [6, 6.07) is 16.5. The zero-order valence-electron chi connectivity index (χ0n) is 14.6. The van der Waals surface area contributed by atoms with E-state index >= 15 is 0 Å². The number of carbonyl (C=O) groups is 1. The highest BCUT2D eigenvalue weighted by atomic mass is 127. The molecule has 2 aromatic rings. The molecule has 2 aromatic carbocycles. The molecule has 25 heavy (non-hydrogen) atoms. The number of rotatable bonds is 3. The zero-order valence-corrected chi connectivity index (χ0v) is 16.8. The van der Waals surface area contributed by atoms with Crippen LogP contribution in [0.5, 0.6) is 0 Å². The molecule has 0 atom stereocenters. The van der Waals surface area contributed by atoms with Crippen molar-refractivity contribution in [3.05, 3.63) is 74.4 Å². The number of anilines is 1. The van der Waals surface area contributed by atoms with Crippen molar-refractivity contribution < 1.29 is 4.79 Å². The summed E-state index contributed by atoms with van der Waals surface area (Å²) in [5.74, 6) is 0.197. The molecule has 1 aliphatic carbocycles. The zero-order chi connectivity index (χ0) is 17.8. The van der Waals surface area contributed by atoms with Crippen LogP contribution in [0.4, 0.5) is 5.69 Å². The molecule has 1 aliphatic rings.